The Balaban J connectivity index is 1.99. The van der Waals surface area contributed by atoms with Crippen molar-refractivity contribution in [2.45, 2.75) is 25.8 Å². The predicted molar refractivity (Wildman–Crippen MR) is 102 cm³/mol. The van der Waals surface area contributed by atoms with Gasteiger partial charge in [-0.05, 0) is 42.3 Å². The highest BCUT2D eigenvalue weighted by Gasteiger charge is 2.12. The quantitative estimate of drug-likeness (QED) is 0.663. The summed E-state index contributed by atoms with van der Waals surface area (Å²) in [5.74, 6) is -0.424. The zero-order chi connectivity index (χ0) is 18.2. The van der Waals surface area contributed by atoms with Crippen molar-refractivity contribution in [3.8, 4) is 0 Å². The van der Waals surface area contributed by atoms with Crippen molar-refractivity contribution in [2.24, 2.45) is 0 Å². The summed E-state index contributed by atoms with van der Waals surface area (Å²) in [5.41, 5.74) is 1.91. The lowest BCUT2D eigenvalue weighted by molar-refractivity contribution is -0.115. The van der Waals surface area contributed by atoms with E-state index in [0.29, 0.717) is 17.7 Å². The van der Waals surface area contributed by atoms with E-state index in [0.717, 1.165) is 10.0 Å². The van der Waals surface area contributed by atoms with Crippen molar-refractivity contribution in [2.75, 3.05) is 11.9 Å². The highest BCUT2D eigenvalue weighted by Crippen LogP contribution is 2.14. The molecule has 0 aliphatic carbocycles. The van der Waals surface area contributed by atoms with Gasteiger partial charge in [0.2, 0.25) is 5.91 Å². The molecule has 0 spiro atoms. The van der Waals surface area contributed by atoms with Crippen molar-refractivity contribution in [1.82, 2.24) is 5.32 Å². The lowest BCUT2D eigenvalue weighted by Crippen LogP contribution is -2.36. The Morgan fingerprint density at radius 3 is 2.52 bits per heavy atom. The number of benzene rings is 2. The average molecular weight is 405 g/mol. The third-order valence-corrected chi connectivity index (χ3v) is 4.26. The second-order valence-electron chi connectivity index (χ2n) is 5.69. The summed E-state index contributed by atoms with van der Waals surface area (Å²) in [6.45, 7) is 1.78. The first kappa shape index (κ1) is 19.1. The molecule has 6 heteroatoms. The molecule has 3 N–H and O–H groups in total. The monoisotopic (exact) mass is 404 g/mol. The van der Waals surface area contributed by atoms with Gasteiger partial charge in [0.15, 0.2) is 0 Å². The largest absolute Gasteiger partial charge is 0.394 e. The van der Waals surface area contributed by atoms with Crippen LogP contribution in [0.3, 0.4) is 0 Å². The summed E-state index contributed by atoms with van der Waals surface area (Å²) < 4.78 is 0.962. The summed E-state index contributed by atoms with van der Waals surface area (Å²) >= 11 is 3.36. The van der Waals surface area contributed by atoms with Crippen molar-refractivity contribution < 1.29 is 14.7 Å². The van der Waals surface area contributed by atoms with Gasteiger partial charge >= 0.3 is 0 Å². The molecule has 0 radical (unpaired) electrons. The number of rotatable bonds is 7. The van der Waals surface area contributed by atoms with E-state index in [2.05, 4.69) is 26.6 Å². The van der Waals surface area contributed by atoms with Crippen LogP contribution in [-0.4, -0.2) is 29.6 Å². The third kappa shape index (κ3) is 5.99. The molecule has 0 bridgehead atoms. The minimum absolute atomic E-state index is 0.105. The maximum Gasteiger partial charge on any atom is 0.251 e. The van der Waals surface area contributed by atoms with Crippen LogP contribution in [0.25, 0.3) is 0 Å². The zero-order valence-corrected chi connectivity index (χ0v) is 15.5. The Labute approximate surface area is 155 Å². The van der Waals surface area contributed by atoms with Crippen LogP contribution in [0, 0.1) is 0 Å². The first-order chi connectivity index (χ1) is 12.0. The third-order valence-electron chi connectivity index (χ3n) is 3.73. The predicted octanol–water partition coefficient (Wildman–Crippen LogP) is 3.13. The van der Waals surface area contributed by atoms with E-state index < -0.39 is 0 Å². The Kier molecular flexibility index (Phi) is 7.16. The number of aliphatic hydroxyl groups excluding tert-OH is 1. The van der Waals surface area contributed by atoms with Crippen LogP contribution in [0.15, 0.2) is 53.0 Å². The molecule has 1 atom stereocenters. The highest BCUT2D eigenvalue weighted by atomic mass is 79.9. The van der Waals surface area contributed by atoms with Crippen molar-refractivity contribution in [3.05, 3.63) is 64.1 Å². The van der Waals surface area contributed by atoms with Gasteiger partial charge in [0.05, 0.1) is 19.1 Å². The molecule has 2 rings (SSSR count). The van der Waals surface area contributed by atoms with Crippen LogP contribution in [0.4, 0.5) is 5.69 Å². The van der Waals surface area contributed by atoms with Gasteiger partial charge < -0.3 is 15.7 Å². The zero-order valence-electron chi connectivity index (χ0n) is 14.0. The molecule has 0 heterocycles. The number of carbonyl (C=O) groups excluding carboxylic acids is 2. The van der Waals surface area contributed by atoms with E-state index in [-0.39, 0.29) is 30.9 Å². The van der Waals surface area contributed by atoms with Crippen LogP contribution in [-0.2, 0) is 11.2 Å². The number of hydrogen-bond donors (Lipinski definition) is 3. The molecule has 2 aromatic rings. The Morgan fingerprint density at radius 1 is 1.16 bits per heavy atom. The first-order valence-electron chi connectivity index (χ1n) is 8.08. The van der Waals surface area contributed by atoms with Gasteiger partial charge in [0.1, 0.15) is 0 Å². The van der Waals surface area contributed by atoms with Gasteiger partial charge in [0.25, 0.3) is 5.91 Å². The molecule has 132 valence electrons. The van der Waals surface area contributed by atoms with Gasteiger partial charge in [-0.3, -0.25) is 9.59 Å². The molecule has 0 saturated carbocycles. The van der Waals surface area contributed by atoms with Crippen LogP contribution in [0.5, 0.6) is 0 Å². The fraction of sp³-hybridized carbons (Fsp3) is 0.263. The molecular formula is C19H21BrN2O3. The van der Waals surface area contributed by atoms with Gasteiger partial charge in [-0.25, -0.2) is 0 Å². The lowest BCUT2D eigenvalue weighted by atomic mass is 10.1. The van der Waals surface area contributed by atoms with Gasteiger partial charge in [-0.2, -0.15) is 0 Å². The van der Waals surface area contributed by atoms with Crippen molar-refractivity contribution in [3.63, 3.8) is 0 Å². The van der Waals surface area contributed by atoms with Gasteiger partial charge in [-0.1, -0.05) is 41.1 Å². The van der Waals surface area contributed by atoms with Crippen molar-refractivity contribution >= 4 is 33.4 Å². The number of carbonyl (C=O) groups is 2. The fourth-order valence-corrected chi connectivity index (χ4v) is 2.54. The topological polar surface area (TPSA) is 78.4 Å². The van der Waals surface area contributed by atoms with Crippen LogP contribution < -0.4 is 10.6 Å². The van der Waals surface area contributed by atoms with Crippen LogP contribution in [0.1, 0.15) is 29.3 Å². The fourth-order valence-electron chi connectivity index (χ4n) is 2.28. The second-order valence-corrected chi connectivity index (χ2v) is 6.61. The number of aliphatic hydroxyl groups is 1. The Bertz CT molecular complexity index is 728. The number of halogens is 1. The molecule has 1 unspecified atom stereocenters. The molecule has 2 amide bonds. The van der Waals surface area contributed by atoms with Gasteiger partial charge in [0, 0.05) is 15.7 Å². The smallest absolute Gasteiger partial charge is 0.251 e. The van der Waals surface area contributed by atoms with E-state index in [1.165, 1.54) is 0 Å². The summed E-state index contributed by atoms with van der Waals surface area (Å²) in [6, 6.07) is 14.0. The lowest BCUT2D eigenvalue weighted by Gasteiger charge is -2.14. The molecule has 5 nitrogen and oxygen atoms in total. The minimum atomic E-state index is -0.275. The number of amides is 2. The second kappa shape index (κ2) is 9.34. The Morgan fingerprint density at radius 2 is 1.88 bits per heavy atom. The SMILES string of the molecule is CCC(CO)NC(=O)c1cccc(NC(=O)Cc2ccc(Br)cc2)c1. The Hall–Kier alpha value is -2.18. The molecule has 2 aromatic carbocycles. The number of nitrogens with one attached hydrogen (secondary N) is 2. The van der Waals surface area contributed by atoms with E-state index >= 15 is 0 Å². The minimum Gasteiger partial charge on any atom is -0.394 e. The summed E-state index contributed by atoms with van der Waals surface area (Å²) in [7, 11) is 0. The van der Waals surface area contributed by atoms with Gasteiger partial charge in [-0.15, -0.1) is 0 Å². The molecular weight excluding hydrogens is 384 g/mol. The normalized spacial score (nSPS) is 11.6. The summed E-state index contributed by atoms with van der Waals surface area (Å²) in [5, 5.41) is 14.7. The van der Waals surface area contributed by atoms with E-state index in [1.54, 1.807) is 24.3 Å². The van der Waals surface area contributed by atoms with Crippen molar-refractivity contribution in [1.29, 1.82) is 0 Å². The molecule has 0 aliphatic rings. The molecule has 0 aliphatic heterocycles. The summed E-state index contributed by atoms with van der Waals surface area (Å²) in [4.78, 5) is 24.4. The average Bonchev–Trinajstić information content (AvgIpc) is 2.61. The standard InChI is InChI=1S/C19H21BrN2O3/c1-2-16(12-23)22-19(25)14-4-3-5-17(11-14)21-18(24)10-13-6-8-15(20)9-7-13/h3-9,11,16,23H,2,10,12H2,1H3,(H,21,24)(H,22,25). The highest BCUT2D eigenvalue weighted by molar-refractivity contribution is 9.10. The van der Waals surface area contributed by atoms with Crippen LogP contribution >= 0.6 is 15.9 Å². The van der Waals surface area contributed by atoms with E-state index in [4.69, 9.17) is 0 Å². The molecule has 0 saturated heterocycles. The number of anilines is 1. The van der Waals surface area contributed by atoms with E-state index in [9.17, 15) is 14.7 Å². The maximum atomic E-state index is 12.2. The molecule has 0 fully saturated rings. The molecule has 0 aromatic heterocycles. The summed E-state index contributed by atoms with van der Waals surface area (Å²) in [6.07, 6.45) is 0.901. The van der Waals surface area contributed by atoms with Crippen LogP contribution in [0.2, 0.25) is 0 Å². The number of hydrogen-bond acceptors (Lipinski definition) is 3. The maximum absolute atomic E-state index is 12.2. The first-order valence-corrected chi connectivity index (χ1v) is 8.87. The molecule has 25 heavy (non-hydrogen) atoms. The van der Waals surface area contributed by atoms with E-state index in [1.807, 2.05) is 31.2 Å².